The summed E-state index contributed by atoms with van der Waals surface area (Å²) < 4.78 is 12.7. The van der Waals surface area contributed by atoms with Gasteiger partial charge in [-0.15, -0.1) is 0 Å². The highest BCUT2D eigenvalue weighted by atomic mass is 28.4. The number of amides is 1. The fourth-order valence-corrected chi connectivity index (χ4v) is 9.85. The number of hydrogen-bond donors (Lipinski definition) is 1. The molecule has 0 spiro atoms. The number of likely N-dealkylation sites (tertiary alicyclic amines) is 1. The van der Waals surface area contributed by atoms with Gasteiger partial charge < -0.3 is 19.2 Å². The van der Waals surface area contributed by atoms with E-state index in [1.807, 2.05) is 64.1 Å². The third-order valence-corrected chi connectivity index (χ3v) is 11.8. The van der Waals surface area contributed by atoms with E-state index < -0.39 is 38.0 Å². The van der Waals surface area contributed by atoms with Crippen LogP contribution < -0.4 is 10.4 Å². The van der Waals surface area contributed by atoms with Gasteiger partial charge in [0.05, 0.1) is 5.92 Å². The summed E-state index contributed by atoms with van der Waals surface area (Å²) in [7, 11) is -2.86. The molecule has 0 radical (unpaired) electrons. The topological polar surface area (TPSA) is 76.1 Å². The van der Waals surface area contributed by atoms with Crippen LogP contribution in [0.15, 0.2) is 60.7 Å². The van der Waals surface area contributed by atoms with Gasteiger partial charge in [-0.1, -0.05) is 81.4 Å². The maximum atomic E-state index is 12.8. The average Bonchev–Trinajstić information content (AvgIpc) is 3.23. The van der Waals surface area contributed by atoms with E-state index in [1.54, 1.807) is 0 Å². The van der Waals surface area contributed by atoms with Crippen molar-refractivity contribution in [3.8, 4) is 0 Å². The van der Waals surface area contributed by atoms with Crippen molar-refractivity contribution in [3.63, 3.8) is 0 Å². The van der Waals surface area contributed by atoms with Crippen molar-refractivity contribution >= 4 is 30.8 Å². The molecule has 3 atom stereocenters. The first-order valence-electron chi connectivity index (χ1n) is 12.3. The molecule has 6 nitrogen and oxygen atoms in total. The molecular formula is C28H39NO5Si. The monoisotopic (exact) mass is 497 g/mol. The minimum atomic E-state index is -2.86. The van der Waals surface area contributed by atoms with Gasteiger partial charge in [-0.05, 0) is 43.1 Å². The van der Waals surface area contributed by atoms with E-state index in [1.165, 1.54) is 4.90 Å². The first-order chi connectivity index (χ1) is 16.3. The van der Waals surface area contributed by atoms with Crippen molar-refractivity contribution in [1.29, 1.82) is 0 Å². The van der Waals surface area contributed by atoms with Crippen LogP contribution in [0.25, 0.3) is 0 Å². The number of rotatable bonds is 6. The third-order valence-electron chi connectivity index (χ3n) is 6.72. The van der Waals surface area contributed by atoms with Gasteiger partial charge in [0.1, 0.15) is 5.60 Å². The maximum Gasteiger partial charge on any atom is 0.410 e. The highest BCUT2D eigenvalue weighted by molar-refractivity contribution is 6.99. The number of hydrogen-bond acceptors (Lipinski definition) is 4. The summed E-state index contributed by atoms with van der Waals surface area (Å²) in [6, 6.07) is 20.6. The summed E-state index contributed by atoms with van der Waals surface area (Å²) in [6.07, 6.45) is -0.876. The summed E-state index contributed by atoms with van der Waals surface area (Å²) in [5.41, 5.74) is -0.648. The molecule has 1 aliphatic heterocycles. The Morgan fingerprint density at radius 3 is 1.80 bits per heavy atom. The lowest BCUT2D eigenvalue weighted by Gasteiger charge is -2.45. The normalized spacial score (nSPS) is 19.9. The number of carbonyl (C=O) groups excluding carboxylic acids is 1. The lowest BCUT2D eigenvalue weighted by atomic mass is 9.92. The minimum absolute atomic E-state index is 0.114. The predicted octanol–water partition coefficient (Wildman–Crippen LogP) is 4.52. The van der Waals surface area contributed by atoms with Gasteiger partial charge in [-0.25, -0.2) is 4.79 Å². The van der Waals surface area contributed by atoms with E-state index in [0.29, 0.717) is 0 Å². The van der Waals surface area contributed by atoms with E-state index in [0.717, 1.165) is 10.4 Å². The molecule has 1 saturated heterocycles. The van der Waals surface area contributed by atoms with Crippen LogP contribution in [-0.4, -0.2) is 55.2 Å². The van der Waals surface area contributed by atoms with Crippen molar-refractivity contribution in [1.82, 2.24) is 4.90 Å². The molecule has 2 aromatic carbocycles. The Balaban J connectivity index is 2.01. The zero-order valence-corrected chi connectivity index (χ0v) is 22.9. The van der Waals surface area contributed by atoms with Gasteiger partial charge in [0.15, 0.2) is 0 Å². The Morgan fingerprint density at radius 2 is 1.40 bits per heavy atom. The number of carboxylic acid groups (broad SMARTS) is 1. The first kappa shape index (κ1) is 27.0. The van der Waals surface area contributed by atoms with Crippen LogP contribution in [0, 0.1) is 11.8 Å². The summed E-state index contributed by atoms with van der Waals surface area (Å²) in [5.74, 6) is -2.00. The smallest absolute Gasteiger partial charge is 0.410 e. The van der Waals surface area contributed by atoms with Crippen LogP contribution in [0.1, 0.15) is 48.5 Å². The zero-order valence-electron chi connectivity index (χ0n) is 21.9. The van der Waals surface area contributed by atoms with Crippen molar-refractivity contribution in [3.05, 3.63) is 60.7 Å². The van der Waals surface area contributed by atoms with Crippen LogP contribution in [0.2, 0.25) is 5.04 Å². The first-order valence-corrected chi connectivity index (χ1v) is 14.2. The van der Waals surface area contributed by atoms with Gasteiger partial charge in [-0.2, -0.15) is 0 Å². The Kier molecular flexibility index (Phi) is 7.82. The number of benzene rings is 2. The van der Waals surface area contributed by atoms with Crippen LogP contribution in [0.3, 0.4) is 0 Å². The Morgan fingerprint density at radius 1 is 0.914 bits per heavy atom. The molecule has 1 aliphatic rings. The molecule has 190 valence electrons. The second-order valence-corrected chi connectivity index (χ2v) is 15.7. The van der Waals surface area contributed by atoms with Crippen molar-refractivity contribution in [2.45, 2.75) is 65.2 Å². The number of ether oxygens (including phenoxy) is 1. The molecule has 1 N–H and O–H groups in total. The molecule has 1 heterocycles. The number of carboxylic acids is 1. The zero-order chi connectivity index (χ0) is 26.0. The van der Waals surface area contributed by atoms with E-state index in [9.17, 15) is 14.7 Å². The molecule has 7 heteroatoms. The second kappa shape index (κ2) is 10.2. The molecule has 3 rings (SSSR count). The molecule has 2 aromatic rings. The quantitative estimate of drug-likeness (QED) is 0.594. The molecular weight excluding hydrogens is 458 g/mol. The Bertz CT molecular complexity index is 974. The number of aliphatic carboxylic acids is 1. The van der Waals surface area contributed by atoms with Gasteiger partial charge >= 0.3 is 12.1 Å². The van der Waals surface area contributed by atoms with Crippen LogP contribution in [0.5, 0.6) is 0 Å². The molecule has 0 saturated carbocycles. The third kappa shape index (κ3) is 5.78. The van der Waals surface area contributed by atoms with E-state index in [2.05, 4.69) is 45.0 Å². The average molecular weight is 498 g/mol. The van der Waals surface area contributed by atoms with Gasteiger partial charge in [0.2, 0.25) is 0 Å². The van der Waals surface area contributed by atoms with E-state index in [-0.39, 0.29) is 24.0 Å². The molecule has 35 heavy (non-hydrogen) atoms. The molecule has 1 fully saturated rings. The highest BCUT2D eigenvalue weighted by Crippen LogP contribution is 2.40. The van der Waals surface area contributed by atoms with E-state index in [4.69, 9.17) is 9.16 Å². The van der Waals surface area contributed by atoms with Crippen LogP contribution in [-0.2, 0) is 14.0 Å². The van der Waals surface area contributed by atoms with Crippen molar-refractivity contribution in [2.75, 3.05) is 13.1 Å². The fraction of sp³-hybridized carbons (Fsp3) is 0.500. The summed E-state index contributed by atoms with van der Waals surface area (Å²) in [5, 5.41) is 12.1. The summed E-state index contributed by atoms with van der Waals surface area (Å²) in [6.45, 7) is 14.4. The number of carbonyl (C=O) groups is 2. The maximum absolute atomic E-state index is 12.8. The summed E-state index contributed by atoms with van der Waals surface area (Å²) >= 11 is 0. The minimum Gasteiger partial charge on any atom is -0.481 e. The van der Waals surface area contributed by atoms with Crippen LogP contribution in [0.4, 0.5) is 4.79 Å². The molecule has 0 aromatic heterocycles. The molecule has 1 amide bonds. The lowest BCUT2D eigenvalue weighted by molar-refractivity contribution is -0.143. The fourth-order valence-electron chi connectivity index (χ4n) is 5.10. The van der Waals surface area contributed by atoms with E-state index >= 15 is 0 Å². The number of nitrogens with zero attached hydrogens (tertiary/aromatic N) is 1. The van der Waals surface area contributed by atoms with Gasteiger partial charge in [0.25, 0.3) is 8.32 Å². The Labute approximate surface area is 210 Å². The molecule has 0 bridgehead atoms. The highest BCUT2D eigenvalue weighted by Gasteiger charge is 2.53. The Hall–Kier alpha value is -2.64. The van der Waals surface area contributed by atoms with Crippen LogP contribution >= 0.6 is 0 Å². The van der Waals surface area contributed by atoms with Gasteiger partial charge in [0, 0.05) is 25.1 Å². The lowest BCUT2D eigenvalue weighted by Crippen LogP contribution is -2.68. The second-order valence-electron chi connectivity index (χ2n) is 11.5. The molecule has 0 aliphatic carbocycles. The van der Waals surface area contributed by atoms with Crippen molar-refractivity contribution < 1.29 is 23.9 Å². The predicted molar refractivity (Wildman–Crippen MR) is 141 cm³/mol. The summed E-state index contributed by atoms with van der Waals surface area (Å²) in [4.78, 5) is 26.5. The SMILES string of the molecule is CC(O[Si](c1ccccc1)(c1ccccc1)C(C)(C)C)C1CN(C(=O)OC(C)(C)C)CC1C(=O)O. The van der Waals surface area contributed by atoms with Crippen molar-refractivity contribution in [2.24, 2.45) is 11.8 Å². The molecule has 3 unspecified atom stereocenters. The largest absolute Gasteiger partial charge is 0.481 e. The van der Waals surface area contributed by atoms with Gasteiger partial charge in [-0.3, -0.25) is 4.79 Å². The standard InChI is InChI=1S/C28H39NO5Si/c1-20(23-18-29(19-24(23)25(30)31)26(32)33-27(2,3)4)34-35(28(5,6)7,21-14-10-8-11-15-21)22-16-12-9-13-17-22/h8-17,20,23-24H,18-19H2,1-7H3,(H,30,31).